The molecular weight excluding hydrogens is 343 g/mol. The van der Waals surface area contributed by atoms with Gasteiger partial charge in [0.2, 0.25) is 0 Å². The molecule has 5 heavy (non-hydrogen) atoms. The molecule has 11 radical (unpaired) electrons. The molecule has 0 aliphatic heterocycles. The molecule has 0 aliphatic rings. The van der Waals surface area contributed by atoms with Crippen LogP contribution in [-0.2, 0) is 4.46 Å². The molecule has 0 spiro atoms. The third-order valence-electron chi connectivity index (χ3n) is 0. The van der Waals surface area contributed by atoms with Crippen molar-refractivity contribution in [3.8, 4) is 0 Å². The SMILES string of the molecule is O=[Si].[Ga].[In].[In]. The maximum absolute atomic E-state index is 8.06. The fourth-order valence-electron chi connectivity index (χ4n) is 0. The van der Waals surface area contributed by atoms with E-state index in [-0.39, 0.29) is 71.5 Å². The summed E-state index contributed by atoms with van der Waals surface area (Å²) in [4.78, 5) is 0. The predicted molar refractivity (Wildman–Crippen MR) is 23.7 cm³/mol. The first kappa shape index (κ1) is 26.2. The van der Waals surface area contributed by atoms with E-state index >= 15 is 0 Å². The molecule has 0 heterocycles. The van der Waals surface area contributed by atoms with Crippen LogP contribution in [0.4, 0.5) is 0 Å². The molecular formula is GaIn2OSi. The zero-order valence-corrected chi connectivity index (χ0v) is 12.7. The van der Waals surface area contributed by atoms with Gasteiger partial charge in [-0.3, -0.25) is 0 Å². The van der Waals surface area contributed by atoms with Crippen LogP contribution in [0.3, 0.4) is 0 Å². The van der Waals surface area contributed by atoms with E-state index in [9.17, 15) is 0 Å². The van der Waals surface area contributed by atoms with E-state index in [0.29, 0.717) is 0 Å². The molecule has 1 nitrogen and oxygen atoms in total. The van der Waals surface area contributed by atoms with Gasteiger partial charge in [0.1, 0.15) is 0 Å². The van der Waals surface area contributed by atoms with Gasteiger partial charge in [-0.1, -0.05) is 0 Å². The molecule has 0 saturated heterocycles. The Kier molecular flexibility index (Phi) is 170. The molecule has 0 N–H and O–H groups in total. The van der Waals surface area contributed by atoms with E-state index in [2.05, 4.69) is 0 Å². The van der Waals surface area contributed by atoms with Crippen LogP contribution in [0.2, 0.25) is 0 Å². The van der Waals surface area contributed by atoms with Crippen molar-refractivity contribution in [2.45, 2.75) is 0 Å². The third kappa shape index (κ3) is 21.5. The number of hydrogen-bond acceptors (Lipinski definition) is 1. The van der Waals surface area contributed by atoms with Gasteiger partial charge in [0.25, 0.3) is 0 Å². The Bertz CT molecular complexity index is 9.61. The van der Waals surface area contributed by atoms with Crippen LogP contribution in [-0.4, -0.2) is 81.6 Å². The second-order valence-electron chi connectivity index (χ2n) is 0. The molecule has 0 aromatic heterocycles. The second-order valence-corrected chi connectivity index (χ2v) is 0. The number of rotatable bonds is 0. The minimum Gasteiger partial charge on any atom is -0.381 e. The van der Waals surface area contributed by atoms with E-state index in [0.717, 1.165) is 0 Å². The van der Waals surface area contributed by atoms with Gasteiger partial charge in [0.05, 0.1) is 0 Å². The second kappa shape index (κ2) is 32.5. The van der Waals surface area contributed by atoms with Crippen molar-refractivity contribution in [1.29, 1.82) is 0 Å². The van der Waals surface area contributed by atoms with Crippen molar-refractivity contribution in [3.63, 3.8) is 0 Å². The Hall–Kier alpha value is 2.39. The summed E-state index contributed by atoms with van der Waals surface area (Å²) in [5.74, 6) is 0. The molecule has 0 aromatic rings. The summed E-state index contributed by atoms with van der Waals surface area (Å²) in [7, 11) is 1.72. The zero-order chi connectivity index (χ0) is 2.00. The Balaban J connectivity index is -0.00000000167. The van der Waals surface area contributed by atoms with Crippen molar-refractivity contribution in [1.82, 2.24) is 0 Å². The van der Waals surface area contributed by atoms with Crippen LogP contribution in [0.1, 0.15) is 0 Å². The van der Waals surface area contributed by atoms with Gasteiger partial charge in [-0.15, -0.1) is 0 Å². The molecule has 0 unspecified atom stereocenters. The predicted octanol–water partition coefficient (Wildman–Crippen LogP) is -1.64. The zero-order valence-electron chi connectivity index (χ0n) is 2.64. The topological polar surface area (TPSA) is 17.1 Å². The van der Waals surface area contributed by atoms with Crippen molar-refractivity contribution >= 4 is 81.6 Å². The van der Waals surface area contributed by atoms with Crippen LogP contribution in [0.5, 0.6) is 0 Å². The average Bonchev–Trinajstić information content (AvgIpc) is 1.00. The van der Waals surface area contributed by atoms with Gasteiger partial charge in [-0.2, -0.15) is 0 Å². The molecule has 19 valence electrons. The van der Waals surface area contributed by atoms with E-state index < -0.39 is 0 Å². The van der Waals surface area contributed by atoms with Gasteiger partial charge in [0.15, 0.2) is 0 Å². The molecule has 0 rings (SSSR count). The van der Waals surface area contributed by atoms with Gasteiger partial charge < -0.3 is 4.46 Å². The molecule has 0 fully saturated rings. The Labute approximate surface area is 84.8 Å². The number of hydrogen-bond donors (Lipinski definition) is 0. The van der Waals surface area contributed by atoms with Crippen LogP contribution >= 0.6 is 0 Å². The first-order chi connectivity index (χ1) is 1.00. The largest absolute Gasteiger partial charge is 0.381 e. The molecule has 0 saturated carbocycles. The third-order valence-corrected chi connectivity index (χ3v) is 0. The van der Waals surface area contributed by atoms with Crippen molar-refractivity contribution < 1.29 is 4.46 Å². The molecule has 0 amide bonds. The van der Waals surface area contributed by atoms with Gasteiger partial charge in [0, 0.05) is 71.5 Å². The van der Waals surface area contributed by atoms with E-state index in [1.54, 1.807) is 10.1 Å². The minimum atomic E-state index is 0. The summed E-state index contributed by atoms with van der Waals surface area (Å²) in [6.07, 6.45) is 0. The summed E-state index contributed by atoms with van der Waals surface area (Å²) in [5, 5.41) is 0. The maximum atomic E-state index is 8.06. The fourth-order valence-corrected chi connectivity index (χ4v) is 0. The van der Waals surface area contributed by atoms with E-state index in [4.69, 9.17) is 4.46 Å². The summed E-state index contributed by atoms with van der Waals surface area (Å²) >= 11 is 0. The monoisotopic (exact) mass is 343 g/mol. The minimum absolute atomic E-state index is 0. The smallest absolute Gasteiger partial charge is 0.381 e. The Morgan fingerprint density at radius 3 is 1.00 bits per heavy atom. The Morgan fingerprint density at radius 1 is 1.00 bits per heavy atom. The van der Waals surface area contributed by atoms with Crippen LogP contribution in [0.25, 0.3) is 0 Å². The summed E-state index contributed by atoms with van der Waals surface area (Å²) < 4.78 is 8.06. The normalized spacial score (nSPS) is 0.800. The van der Waals surface area contributed by atoms with Crippen LogP contribution in [0, 0.1) is 0 Å². The summed E-state index contributed by atoms with van der Waals surface area (Å²) in [5.41, 5.74) is 0. The molecule has 0 bridgehead atoms. The van der Waals surface area contributed by atoms with Gasteiger partial charge in [-0.05, 0) is 0 Å². The van der Waals surface area contributed by atoms with Gasteiger partial charge >= 0.3 is 10.1 Å². The quantitative estimate of drug-likeness (QED) is 0.482. The van der Waals surface area contributed by atoms with E-state index in [1.807, 2.05) is 0 Å². The molecule has 0 aromatic carbocycles. The molecule has 0 aliphatic carbocycles. The van der Waals surface area contributed by atoms with Crippen molar-refractivity contribution in [2.24, 2.45) is 0 Å². The van der Waals surface area contributed by atoms with E-state index in [1.165, 1.54) is 0 Å². The first-order valence-corrected chi connectivity index (χ1v) is 0.612. The fraction of sp³-hybridized carbons (Fsp3) is 0. The standard InChI is InChI=1S/Ga.2In.OSi/c;;;1-2. The Morgan fingerprint density at radius 2 is 1.00 bits per heavy atom. The maximum Gasteiger partial charge on any atom is 0.381 e. The molecule has 0 atom stereocenters. The van der Waals surface area contributed by atoms with Crippen molar-refractivity contribution in [2.75, 3.05) is 0 Å². The summed E-state index contributed by atoms with van der Waals surface area (Å²) in [6, 6.07) is 0. The van der Waals surface area contributed by atoms with Crippen LogP contribution in [0.15, 0.2) is 0 Å². The molecule has 5 heteroatoms. The van der Waals surface area contributed by atoms with Gasteiger partial charge in [-0.25, -0.2) is 0 Å². The first-order valence-electron chi connectivity index (χ1n) is 0.204. The van der Waals surface area contributed by atoms with Crippen molar-refractivity contribution in [3.05, 3.63) is 0 Å². The van der Waals surface area contributed by atoms with Crippen LogP contribution < -0.4 is 0 Å². The summed E-state index contributed by atoms with van der Waals surface area (Å²) in [6.45, 7) is 0. The average molecular weight is 343 g/mol.